The van der Waals surface area contributed by atoms with Gasteiger partial charge in [0.25, 0.3) is 0 Å². The maximum Gasteiger partial charge on any atom is 0.573 e. The first kappa shape index (κ1) is 19.9. The zero-order valence-electron chi connectivity index (χ0n) is 14.6. The summed E-state index contributed by atoms with van der Waals surface area (Å²) in [4.78, 5) is 2.07. The molecule has 0 saturated carbocycles. The number of alkyl halides is 3. The topological polar surface area (TPSA) is 24.5 Å². The molecule has 8 heteroatoms. The van der Waals surface area contributed by atoms with Crippen LogP contribution >= 0.6 is 11.6 Å². The maximum absolute atomic E-state index is 14.7. The summed E-state index contributed by atoms with van der Waals surface area (Å²) < 4.78 is 55.9. The van der Waals surface area contributed by atoms with Crippen LogP contribution in [0.2, 0.25) is 5.02 Å². The zero-order chi connectivity index (χ0) is 19.6. The van der Waals surface area contributed by atoms with Crippen LogP contribution in [0.1, 0.15) is 22.7 Å². The average molecular weight is 403 g/mol. The van der Waals surface area contributed by atoms with Crippen molar-refractivity contribution in [3.63, 3.8) is 0 Å². The summed E-state index contributed by atoms with van der Waals surface area (Å²) >= 11 is 6.43. The molecule has 0 spiro atoms. The van der Waals surface area contributed by atoms with E-state index in [1.165, 1.54) is 30.3 Å². The molecule has 1 atom stereocenters. The van der Waals surface area contributed by atoms with Crippen LogP contribution in [0.15, 0.2) is 36.4 Å². The van der Waals surface area contributed by atoms with E-state index >= 15 is 0 Å². The molecule has 146 valence electrons. The SMILES string of the molecule is Cc1ccc(F)c([C@@H](c2ccc(OC(F)(F)F)cc2)N2CCNCC2)c1Cl. The molecule has 3 nitrogen and oxygen atoms in total. The van der Waals surface area contributed by atoms with Gasteiger partial charge in [0.05, 0.1) is 11.1 Å². The third kappa shape index (κ3) is 4.72. The Morgan fingerprint density at radius 3 is 2.30 bits per heavy atom. The lowest BCUT2D eigenvalue weighted by atomic mass is 9.94. The fraction of sp³-hybridized carbons (Fsp3) is 0.368. The number of hydrogen-bond donors (Lipinski definition) is 1. The number of halogens is 5. The number of nitrogens with one attached hydrogen (secondary N) is 1. The van der Waals surface area contributed by atoms with Crippen molar-refractivity contribution in [2.45, 2.75) is 19.3 Å². The van der Waals surface area contributed by atoms with Gasteiger partial charge in [0.2, 0.25) is 0 Å². The summed E-state index contributed by atoms with van der Waals surface area (Å²) in [5.41, 5.74) is 1.73. The van der Waals surface area contributed by atoms with Crippen molar-refractivity contribution < 1.29 is 22.3 Å². The molecular weight excluding hydrogens is 384 g/mol. The van der Waals surface area contributed by atoms with E-state index in [2.05, 4.69) is 15.0 Å². The molecular formula is C19H19ClF4N2O. The molecule has 1 saturated heterocycles. The summed E-state index contributed by atoms with van der Waals surface area (Å²) in [6.45, 7) is 4.58. The second-order valence-corrected chi connectivity index (χ2v) is 6.78. The minimum absolute atomic E-state index is 0.318. The van der Waals surface area contributed by atoms with Gasteiger partial charge < -0.3 is 10.1 Å². The van der Waals surface area contributed by atoms with Gasteiger partial charge in [0.15, 0.2) is 0 Å². The molecule has 0 unspecified atom stereocenters. The van der Waals surface area contributed by atoms with Gasteiger partial charge in [-0.15, -0.1) is 13.2 Å². The Kier molecular flexibility index (Phi) is 5.93. The standard InChI is InChI=1S/C19H19ClF4N2O/c1-12-2-7-15(21)16(17(12)20)18(26-10-8-25-9-11-26)13-3-5-14(6-4-13)27-19(22,23)24/h2-7,18,25H,8-11H2,1H3/t18-/m1/s1. The van der Waals surface area contributed by atoms with E-state index in [1.807, 2.05) is 0 Å². The highest BCUT2D eigenvalue weighted by molar-refractivity contribution is 6.32. The number of ether oxygens (including phenoxy) is 1. The van der Waals surface area contributed by atoms with Gasteiger partial charge in [-0.05, 0) is 36.2 Å². The summed E-state index contributed by atoms with van der Waals surface area (Å²) in [5, 5.41) is 3.56. The summed E-state index contributed by atoms with van der Waals surface area (Å²) in [7, 11) is 0. The summed E-state index contributed by atoms with van der Waals surface area (Å²) in [6.07, 6.45) is -4.76. The van der Waals surface area contributed by atoms with E-state index in [0.717, 1.165) is 18.7 Å². The van der Waals surface area contributed by atoms with E-state index in [1.54, 1.807) is 13.0 Å². The van der Waals surface area contributed by atoms with E-state index in [0.29, 0.717) is 29.2 Å². The van der Waals surface area contributed by atoms with Crippen LogP contribution in [0.5, 0.6) is 5.75 Å². The highest BCUT2D eigenvalue weighted by Gasteiger charge is 2.32. The van der Waals surface area contributed by atoms with Gasteiger partial charge in [-0.2, -0.15) is 0 Å². The van der Waals surface area contributed by atoms with Gasteiger partial charge in [-0.3, -0.25) is 4.90 Å². The van der Waals surface area contributed by atoms with Crippen LogP contribution < -0.4 is 10.1 Å². The van der Waals surface area contributed by atoms with E-state index in [9.17, 15) is 17.6 Å². The quantitative estimate of drug-likeness (QED) is 0.751. The van der Waals surface area contributed by atoms with E-state index in [-0.39, 0.29) is 5.75 Å². The molecule has 1 N–H and O–H groups in total. The van der Waals surface area contributed by atoms with Crippen molar-refractivity contribution in [1.82, 2.24) is 10.2 Å². The summed E-state index contributed by atoms with van der Waals surface area (Å²) in [5.74, 6) is -0.758. The monoisotopic (exact) mass is 402 g/mol. The molecule has 2 aromatic rings. The van der Waals surface area contributed by atoms with Crippen LogP contribution in [-0.2, 0) is 0 Å². The van der Waals surface area contributed by atoms with Crippen molar-refractivity contribution >= 4 is 11.6 Å². The van der Waals surface area contributed by atoms with Crippen LogP contribution in [0.3, 0.4) is 0 Å². The Morgan fingerprint density at radius 1 is 1.07 bits per heavy atom. The van der Waals surface area contributed by atoms with Crippen LogP contribution in [0.4, 0.5) is 17.6 Å². The molecule has 3 rings (SSSR count). The average Bonchev–Trinajstić information content (AvgIpc) is 2.62. The summed E-state index contributed by atoms with van der Waals surface area (Å²) in [6, 6.07) is 7.99. The Balaban J connectivity index is 2.02. The minimum Gasteiger partial charge on any atom is -0.406 e. The van der Waals surface area contributed by atoms with Gasteiger partial charge in [0, 0.05) is 31.7 Å². The van der Waals surface area contributed by atoms with Crippen molar-refractivity contribution in [2.24, 2.45) is 0 Å². The van der Waals surface area contributed by atoms with E-state index in [4.69, 9.17) is 11.6 Å². The Labute approximate surface area is 159 Å². The zero-order valence-corrected chi connectivity index (χ0v) is 15.4. The predicted molar refractivity (Wildman–Crippen MR) is 95.6 cm³/mol. The fourth-order valence-corrected chi connectivity index (χ4v) is 3.54. The Bertz CT molecular complexity index is 790. The Hall–Kier alpha value is -1.83. The third-order valence-corrected chi connectivity index (χ3v) is 5.04. The largest absolute Gasteiger partial charge is 0.573 e. The van der Waals surface area contributed by atoms with Crippen molar-refractivity contribution in [3.8, 4) is 5.75 Å². The first-order valence-electron chi connectivity index (χ1n) is 8.51. The third-order valence-electron chi connectivity index (χ3n) is 4.54. The number of nitrogens with zero attached hydrogens (tertiary/aromatic N) is 1. The molecule has 2 aromatic carbocycles. The van der Waals surface area contributed by atoms with Crippen LogP contribution in [0, 0.1) is 12.7 Å². The first-order chi connectivity index (χ1) is 12.8. The molecule has 1 heterocycles. The highest BCUT2D eigenvalue weighted by atomic mass is 35.5. The second-order valence-electron chi connectivity index (χ2n) is 6.40. The molecule has 0 bridgehead atoms. The molecule has 1 fully saturated rings. The molecule has 0 amide bonds. The van der Waals surface area contributed by atoms with Gasteiger partial charge in [-0.25, -0.2) is 4.39 Å². The fourth-order valence-electron chi connectivity index (χ4n) is 3.28. The molecule has 0 aromatic heterocycles. The second kappa shape index (κ2) is 8.04. The lowest BCUT2D eigenvalue weighted by Gasteiger charge is -2.36. The Morgan fingerprint density at radius 2 is 1.70 bits per heavy atom. The smallest absolute Gasteiger partial charge is 0.406 e. The first-order valence-corrected chi connectivity index (χ1v) is 8.89. The normalized spacial score (nSPS) is 17.0. The van der Waals surface area contributed by atoms with Crippen molar-refractivity contribution in [2.75, 3.05) is 26.2 Å². The van der Waals surface area contributed by atoms with Gasteiger partial charge in [0.1, 0.15) is 11.6 Å². The number of hydrogen-bond acceptors (Lipinski definition) is 3. The van der Waals surface area contributed by atoms with Crippen LogP contribution in [0.25, 0.3) is 0 Å². The lowest BCUT2D eigenvalue weighted by molar-refractivity contribution is -0.274. The number of benzene rings is 2. The van der Waals surface area contributed by atoms with Crippen molar-refractivity contribution in [1.29, 1.82) is 0 Å². The van der Waals surface area contributed by atoms with Crippen LogP contribution in [-0.4, -0.2) is 37.4 Å². The number of rotatable bonds is 4. The van der Waals surface area contributed by atoms with Gasteiger partial charge in [-0.1, -0.05) is 29.8 Å². The number of aryl methyl sites for hydroxylation is 1. The molecule has 27 heavy (non-hydrogen) atoms. The predicted octanol–water partition coefficient (Wildman–Crippen LogP) is 4.68. The van der Waals surface area contributed by atoms with Gasteiger partial charge >= 0.3 is 6.36 Å². The highest BCUT2D eigenvalue weighted by Crippen LogP contribution is 2.37. The molecule has 1 aliphatic heterocycles. The van der Waals surface area contributed by atoms with Crippen molar-refractivity contribution in [3.05, 3.63) is 63.9 Å². The molecule has 0 radical (unpaired) electrons. The number of piperazine rings is 1. The van der Waals surface area contributed by atoms with E-state index < -0.39 is 18.2 Å². The molecule has 0 aliphatic carbocycles. The minimum atomic E-state index is -4.76. The molecule has 1 aliphatic rings. The maximum atomic E-state index is 14.7. The lowest BCUT2D eigenvalue weighted by Crippen LogP contribution is -2.45.